The normalized spacial score (nSPS) is 10.7. The summed E-state index contributed by atoms with van der Waals surface area (Å²) in [5.41, 5.74) is 2.94. The molecule has 0 radical (unpaired) electrons. The van der Waals surface area contributed by atoms with E-state index in [4.69, 9.17) is 0 Å². The van der Waals surface area contributed by atoms with Crippen LogP contribution < -0.4 is 5.32 Å². The van der Waals surface area contributed by atoms with E-state index in [9.17, 15) is 9.90 Å². The number of amides is 1. The van der Waals surface area contributed by atoms with Crippen LogP contribution in [-0.2, 0) is 4.79 Å². The average molecular weight is 284 g/mol. The van der Waals surface area contributed by atoms with Gasteiger partial charge in [0.15, 0.2) is 5.13 Å². The predicted molar refractivity (Wildman–Crippen MR) is 81.0 cm³/mol. The first kappa shape index (κ1) is 12.6. The van der Waals surface area contributed by atoms with Crippen molar-refractivity contribution in [2.45, 2.75) is 6.92 Å². The summed E-state index contributed by atoms with van der Waals surface area (Å²) in [4.78, 5) is 15.4. The number of fused-ring (bicyclic) bond motifs is 1. The fourth-order valence-electron chi connectivity index (χ4n) is 1.96. The fourth-order valence-corrected chi connectivity index (χ4v) is 2.91. The molecule has 0 aliphatic rings. The summed E-state index contributed by atoms with van der Waals surface area (Å²) in [5.74, 6) is 0.128. The summed E-state index contributed by atoms with van der Waals surface area (Å²) in [6, 6.07) is 13.0. The molecule has 1 aromatic heterocycles. The third-order valence-corrected chi connectivity index (χ3v) is 3.81. The second-order valence-electron chi connectivity index (χ2n) is 4.43. The number of benzene rings is 2. The summed E-state index contributed by atoms with van der Waals surface area (Å²) >= 11 is 1.45. The van der Waals surface area contributed by atoms with Crippen LogP contribution in [0.4, 0.5) is 5.13 Å². The number of aromatic nitrogens is 1. The SMILES string of the molecule is CC(=O)Nc1nc2ccc(-c3ccc(O)cc3)cc2s1. The molecule has 4 nitrogen and oxygen atoms in total. The maximum atomic E-state index is 11.0. The number of nitrogens with one attached hydrogen (secondary N) is 1. The standard InChI is InChI=1S/C15H12N2O2S/c1-9(18)16-15-17-13-7-4-11(8-14(13)20-15)10-2-5-12(19)6-3-10/h2-8,19H,1H3,(H,16,17,18). The van der Waals surface area contributed by atoms with Crippen LogP contribution in [0.25, 0.3) is 21.3 Å². The Morgan fingerprint density at radius 3 is 2.55 bits per heavy atom. The third-order valence-electron chi connectivity index (χ3n) is 2.87. The van der Waals surface area contributed by atoms with E-state index in [1.54, 1.807) is 12.1 Å². The maximum Gasteiger partial charge on any atom is 0.223 e. The highest BCUT2D eigenvalue weighted by Gasteiger charge is 2.06. The molecule has 0 aliphatic heterocycles. The zero-order valence-electron chi connectivity index (χ0n) is 10.8. The average Bonchev–Trinajstić information content (AvgIpc) is 2.79. The van der Waals surface area contributed by atoms with Crippen LogP contribution in [0.15, 0.2) is 42.5 Å². The van der Waals surface area contributed by atoms with Crippen LogP contribution in [0, 0.1) is 0 Å². The topological polar surface area (TPSA) is 62.2 Å². The number of hydrogen-bond donors (Lipinski definition) is 2. The van der Waals surface area contributed by atoms with Crippen molar-refractivity contribution in [2.75, 3.05) is 5.32 Å². The van der Waals surface area contributed by atoms with Gasteiger partial charge in [0.2, 0.25) is 5.91 Å². The molecule has 3 rings (SSSR count). The molecule has 20 heavy (non-hydrogen) atoms. The molecule has 2 aromatic carbocycles. The molecule has 0 spiro atoms. The van der Waals surface area contributed by atoms with Gasteiger partial charge in [0.25, 0.3) is 0 Å². The number of carbonyl (C=O) groups is 1. The Labute approximate surface area is 119 Å². The van der Waals surface area contributed by atoms with Gasteiger partial charge in [0, 0.05) is 6.92 Å². The zero-order chi connectivity index (χ0) is 14.1. The Balaban J connectivity index is 2.01. The van der Waals surface area contributed by atoms with E-state index in [1.165, 1.54) is 18.3 Å². The summed E-state index contributed by atoms with van der Waals surface area (Å²) in [6.45, 7) is 1.47. The molecule has 0 unspecified atom stereocenters. The lowest BCUT2D eigenvalue weighted by atomic mass is 10.1. The van der Waals surface area contributed by atoms with Crippen LogP contribution in [0.5, 0.6) is 5.75 Å². The fraction of sp³-hybridized carbons (Fsp3) is 0.0667. The molecular formula is C15H12N2O2S. The molecule has 0 saturated heterocycles. The van der Waals surface area contributed by atoms with Gasteiger partial charge in [-0.05, 0) is 35.4 Å². The Morgan fingerprint density at radius 1 is 1.15 bits per heavy atom. The van der Waals surface area contributed by atoms with Crippen LogP contribution >= 0.6 is 11.3 Å². The van der Waals surface area contributed by atoms with Gasteiger partial charge in [0.1, 0.15) is 5.75 Å². The Bertz CT molecular complexity index is 778. The number of rotatable bonds is 2. The van der Waals surface area contributed by atoms with E-state index in [2.05, 4.69) is 10.3 Å². The number of carbonyl (C=O) groups excluding carboxylic acids is 1. The van der Waals surface area contributed by atoms with Crippen molar-refractivity contribution in [3.05, 3.63) is 42.5 Å². The molecule has 0 atom stereocenters. The largest absolute Gasteiger partial charge is 0.508 e. The van der Waals surface area contributed by atoms with E-state index in [0.29, 0.717) is 5.13 Å². The summed E-state index contributed by atoms with van der Waals surface area (Å²) in [7, 11) is 0. The van der Waals surface area contributed by atoms with Gasteiger partial charge >= 0.3 is 0 Å². The van der Waals surface area contributed by atoms with Crippen molar-refractivity contribution in [2.24, 2.45) is 0 Å². The van der Waals surface area contributed by atoms with Gasteiger partial charge in [0.05, 0.1) is 10.2 Å². The Hall–Kier alpha value is -2.40. The van der Waals surface area contributed by atoms with Gasteiger partial charge in [-0.25, -0.2) is 4.98 Å². The van der Waals surface area contributed by atoms with Crippen molar-refractivity contribution in [3.8, 4) is 16.9 Å². The molecule has 0 fully saturated rings. The molecule has 2 N–H and O–H groups in total. The van der Waals surface area contributed by atoms with Crippen molar-refractivity contribution in [1.82, 2.24) is 4.98 Å². The van der Waals surface area contributed by atoms with Gasteiger partial charge < -0.3 is 10.4 Å². The number of phenolic OH excluding ortho intramolecular Hbond substituents is 1. The number of nitrogens with zero attached hydrogens (tertiary/aromatic N) is 1. The molecule has 1 amide bonds. The molecule has 0 saturated carbocycles. The number of hydrogen-bond acceptors (Lipinski definition) is 4. The molecule has 100 valence electrons. The number of anilines is 1. The minimum atomic E-state index is -0.122. The summed E-state index contributed by atoms with van der Waals surface area (Å²) in [5, 5.41) is 12.6. The zero-order valence-corrected chi connectivity index (χ0v) is 11.6. The van der Waals surface area contributed by atoms with Crippen LogP contribution in [0.3, 0.4) is 0 Å². The van der Waals surface area contributed by atoms with Crippen LogP contribution in [-0.4, -0.2) is 16.0 Å². The summed E-state index contributed by atoms with van der Waals surface area (Å²) in [6.07, 6.45) is 0. The highest BCUT2D eigenvalue weighted by molar-refractivity contribution is 7.22. The van der Waals surface area contributed by atoms with Gasteiger partial charge in [-0.3, -0.25) is 4.79 Å². The second kappa shape index (κ2) is 4.94. The Morgan fingerprint density at radius 2 is 1.85 bits per heavy atom. The lowest BCUT2D eigenvalue weighted by Crippen LogP contribution is -2.04. The van der Waals surface area contributed by atoms with E-state index >= 15 is 0 Å². The number of phenols is 1. The molecule has 0 bridgehead atoms. The van der Waals surface area contributed by atoms with Crippen LogP contribution in [0.2, 0.25) is 0 Å². The van der Waals surface area contributed by atoms with E-state index in [-0.39, 0.29) is 11.7 Å². The van der Waals surface area contributed by atoms with Crippen LogP contribution in [0.1, 0.15) is 6.92 Å². The van der Waals surface area contributed by atoms with E-state index < -0.39 is 0 Å². The van der Waals surface area contributed by atoms with Crippen molar-refractivity contribution in [3.63, 3.8) is 0 Å². The Kier molecular flexibility index (Phi) is 3.12. The minimum Gasteiger partial charge on any atom is -0.508 e. The first-order chi connectivity index (χ1) is 9.61. The maximum absolute atomic E-state index is 11.0. The van der Waals surface area contributed by atoms with Gasteiger partial charge in [-0.15, -0.1) is 0 Å². The molecule has 0 aliphatic carbocycles. The third kappa shape index (κ3) is 2.48. The second-order valence-corrected chi connectivity index (χ2v) is 5.46. The minimum absolute atomic E-state index is 0.122. The predicted octanol–water partition coefficient (Wildman–Crippen LogP) is 3.63. The van der Waals surface area contributed by atoms with E-state index in [0.717, 1.165) is 21.3 Å². The monoisotopic (exact) mass is 284 g/mol. The van der Waals surface area contributed by atoms with Gasteiger partial charge in [-0.2, -0.15) is 0 Å². The smallest absolute Gasteiger partial charge is 0.223 e. The number of aromatic hydroxyl groups is 1. The van der Waals surface area contributed by atoms with Crippen molar-refractivity contribution in [1.29, 1.82) is 0 Å². The lowest BCUT2D eigenvalue weighted by Gasteiger charge is -2.01. The van der Waals surface area contributed by atoms with Crippen molar-refractivity contribution < 1.29 is 9.90 Å². The quantitative estimate of drug-likeness (QED) is 0.755. The van der Waals surface area contributed by atoms with Crippen molar-refractivity contribution >= 4 is 32.6 Å². The highest BCUT2D eigenvalue weighted by atomic mass is 32.1. The highest BCUT2D eigenvalue weighted by Crippen LogP contribution is 2.31. The number of thiazole rings is 1. The first-order valence-electron chi connectivity index (χ1n) is 6.09. The van der Waals surface area contributed by atoms with E-state index in [1.807, 2.05) is 30.3 Å². The molecule has 3 aromatic rings. The summed E-state index contributed by atoms with van der Waals surface area (Å²) < 4.78 is 1.01. The molecule has 5 heteroatoms. The first-order valence-corrected chi connectivity index (χ1v) is 6.91. The molecular weight excluding hydrogens is 272 g/mol. The molecule has 1 heterocycles. The van der Waals surface area contributed by atoms with Gasteiger partial charge in [-0.1, -0.05) is 29.5 Å². The lowest BCUT2D eigenvalue weighted by molar-refractivity contribution is -0.114.